The Bertz CT molecular complexity index is 1090. The van der Waals surface area contributed by atoms with Crippen LogP contribution in [0.5, 0.6) is 0 Å². The van der Waals surface area contributed by atoms with Crippen LogP contribution in [-0.2, 0) is 21.7 Å². The molecule has 29 heavy (non-hydrogen) atoms. The summed E-state index contributed by atoms with van der Waals surface area (Å²) in [7, 11) is -1.71. The number of halogens is 1. The molecule has 152 valence electrons. The highest BCUT2D eigenvalue weighted by Gasteiger charge is 2.22. The number of nitrogens with zero attached hydrogens (tertiary/aromatic N) is 2. The van der Waals surface area contributed by atoms with Gasteiger partial charge in [-0.05, 0) is 36.8 Å². The van der Waals surface area contributed by atoms with Crippen LogP contribution in [0, 0.1) is 6.92 Å². The summed E-state index contributed by atoms with van der Waals surface area (Å²) in [4.78, 5) is 17.1. The van der Waals surface area contributed by atoms with Crippen LogP contribution in [0.25, 0.3) is 0 Å². The van der Waals surface area contributed by atoms with E-state index in [1.54, 1.807) is 48.8 Å². The third-order valence-electron chi connectivity index (χ3n) is 4.60. The second kappa shape index (κ2) is 8.80. The minimum atomic E-state index is -3.54. The van der Waals surface area contributed by atoms with E-state index in [-0.39, 0.29) is 23.0 Å². The second-order valence-corrected chi connectivity index (χ2v) is 9.38. The minimum Gasteiger partial charge on any atom is -0.342 e. The zero-order valence-corrected chi connectivity index (χ0v) is 17.7. The molecule has 1 atom stereocenters. The lowest BCUT2D eigenvalue weighted by atomic mass is 10.1. The summed E-state index contributed by atoms with van der Waals surface area (Å²) in [5.41, 5.74) is 1.78. The molecule has 6 nitrogen and oxygen atoms in total. The Morgan fingerprint density at radius 3 is 2.38 bits per heavy atom. The molecule has 1 heterocycles. The fourth-order valence-corrected chi connectivity index (χ4v) is 4.30. The van der Waals surface area contributed by atoms with Crippen LogP contribution in [0.2, 0.25) is 5.02 Å². The van der Waals surface area contributed by atoms with Crippen LogP contribution >= 0.6 is 11.6 Å². The highest BCUT2D eigenvalue weighted by molar-refractivity contribution is 7.91. The number of aryl methyl sites for hydroxylation is 2. The van der Waals surface area contributed by atoms with E-state index in [0.29, 0.717) is 10.8 Å². The number of imidazole rings is 1. The van der Waals surface area contributed by atoms with Gasteiger partial charge in [-0.3, -0.25) is 4.79 Å². The molecule has 1 amide bonds. The number of sulfone groups is 1. The highest BCUT2D eigenvalue weighted by Crippen LogP contribution is 2.22. The molecule has 0 radical (unpaired) electrons. The number of hydrogen-bond donors (Lipinski definition) is 1. The first-order chi connectivity index (χ1) is 13.8. The highest BCUT2D eigenvalue weighted by atomic mass is 35.5. The predicted molar refractivity (Wildman–Crippen MR) is 112 cm³/mol. The Kier molecular flexibility index (Phi) is 6.39. The van der Waals surface area contributed by atoms with Crippen molar-refractivity contribution in [2.45, 2.75) is 24.3 Å². The first-order valence-electron chi connectivity index (χ1n) is 9.08. The van der Waals surface area contributed by atoms with Crippen molar-refractivity contribution in [3.63, 3.8) is 0 Å². The summed E-state index contributed by atoms with van der Waals surface area (Å²) in [5.74, 6) is 0.00111. The fraction of sp³-hybridized carbons (Fsp3) is 0.238. The van der Waals surface area contributed by atoms with Crippen LogP contribution in [0.3, 0.4) is 0 Å². The normalized spacial score (nSPS) is 12.5. The number of amides is 1. The van der Waals surface area contributed by atoms with Gasteiger partial charge in [0, 0.05) is 30.9 Å². The zero-order chi connectivity index (χ0) is 21.0. The SMILES string of the molecule is Cc1ccc(S(=O)(=O)CCC(=O)N[C@@H](c2ccc(Cl)cc2)c2nccn2C)cc1. The quantitative estimate of drug-likeness (QED) is 0.621. The van der Waals surface area contributed by atoms with Crippen molar-refractivity contribution < 1.29 is 13.2 Å². The minimum absolute atomic E-state index is 0.148. The second-order valence-electron chi connectivity index (χ2n) is 6.83. The Morgan fingerprint density at radius 1 is 1.14 bits per heavy atom. The van der Waals surface area contributed by atoms with Gasteiger partial charge in [0.25, 0.3) is 0 Å². The summed E-state index contributed by atoms with van der Waals surface area (Å²) in [6, 6.07) is 13.2. The topological polar surface area (TPSA) is 81.1 Å². The van der Waals surface area contributed by atoms with Crippen molar-refractivity contribution in [1.82, 2.24) is 14.9 Å². The van der Waals surface area contributed by atoms with E-state index in [0.717, 1.165) is 11.1 Å². The Labute approximate surface area is 175 Å². The van der Waals surface area contributed by atoms with E-state index < -0.39 is 15.9 Å². The van der Waals surface area contributed by atoms with Crippen LogP contribution in [-0.4, -0.2) is 29.6 Å². The van der Waals surface area contributed by atoms with Crippen LogP contribution < -0.4 is 5.32 Å². The first kappa shape index (κ1) is 21.1. The smallest absolute Gasteiger partial charge is 0.221 e. The van der Waals surface area contributed by atoms with Crippen LogP contribution in [0.4, 0.5) is 0 Å². The molecule has 1 N–H and O–H groups in total. The van der Waals surface area contributed by atoms with Crippen molar-refractivity contribution in [2.24, 2.45) is 7.05 Å². The Balaban J connectivity index is 1.74. The lowest BCUT2D eigenvalue weighted by Gasteiger charge is -2.19. The molecule has 0 saturated carbocycles. The van der Waals surface area contributed by atoms with E-state index in [1.165, 1.54) is 0 Å². The third-order valence-corrected chi connectivity index (χ3v) is 6.59. The number of aromatic nitrogens is 2. The van der Waals surface area contributed by atoms with E-state index in [2.05, 4.69) is 10.3 Å². The summed E-state index contributed by atoms with van der Waals surface area (Å²) >= 11 is 5.97. The van der Waals surface area contributed by atoms with Gasteiger partial charge in [0.05, 0.1) is 10.6 Å². The molecule has 2 aromatic carbocycles. The summed E-state index contributed by atoms with van der Waals surface area (Å²) in [6.45, 7) is 1.89. The molecule has 0 bridgehead atoms. The van der Waals surface area contributed by atoms with Gasteiger partial charge >= 0.3 is 0 Å². The summed E-state index contributed by atoms with van der Waals surface area (Å²) in [5, 5.41) is 3.49. The van der Waals surface area contributed by atoms with Gasteiger partial charge in [0.15, 0.2) is 9.84 Å². The molecular weight excluding hydrogens is 410 g/mol. The summed E-state index contributed by atoms with van der Waals surface area (Å²) < 4.78 is 26.8. The molecule has 0 unspecified atom stereocenters. The first-order valence-corrected chi connectivity index (χ1v) is 11.1. The molecule has 0 spiro atoms. The molecule has 0 saturated heterocycles. The molecule has 8 heteroatoms. The van der Waals surface area contributed by atoms with Gasteiger partial charge in [0.1, 0.15) is 11.9 Å². The van der Waals surface area contributed by atoms with Gasteiger partial charge < -0.3 is 9.88 Å². The molecule has 0 aliphatic heterocycles. The van der Waals surface area contributed by atoms with Crippen molar-refractivity contribution in [3.05, 3.63) is 82.9 Å². The molecular formula is C21H22ClN3O3S. The monoisotopic (exact) mass is 431 g/mol. The fourth-order valence-electron chi connectivity index (χ4n) is 2.93. The maximum Gasteiger partial charge on any atom is 0.221 e. The largest absolute Gasteiger partial charge is 0.342 e. The van der Waals surface area contributed by atoms with Gasteiger partial charge in [-0.2, -0.15) is 0 Å². The zero-order valence-electron chi connectivity index (χ0n) is 16.2. The number of benzene rings is 2. The van der Waals surface area contributed by atoms with Crippen molar-refractivity contribution in [1.29, 1.82) is 0 Å². The number of carbonyl (C=O) groups excluding carboxylic acids is 1. The van der Waals surface area contributed by atoms with E-state index >= 15 is 0 Å². The molecule has 0 aliphatic rings. The standard InChI is InChI=1S/C21H22ClN3O3S/c1-15-3-9-18(10-4-15)29(27,28)14-11-19(26)24-20(21-23-12-13-25(21)2)16-5-7-17(22)8-6-16/h3-10,12-13,20H,11,14H2,1-2H3,(H,24,26)/t20-/m0/s1. The number of hydrogen-bond acceptors (Lipinski definition) is 4. The lowest BCUT2D eigenvalue weighted by molar-refractivity contribution is -0.121. The van der Waals surface area contributed by atoms with Gasteiger partial charge in [-0.1, -0.05) is 41.4 Å². The van der Waals surface area contributed by atoms with Crippen LogP contribution in [0.1, 0.15) is 29.4 Å². The number of nitrogens with one attached hydrogen (secondary N) is 1. The lowest BCUT2D eigenvalue weighted by Crippen LogP contribution is -2.32. The van der Waals surface area contributed by atoms with Gasteiger partial charge in [0.2, 0.25) is 5.91 Å². The van der Waals surface area contributed by atoms with Gasteiger partial charge in [-0.15, -0.1) is 0 Å². The maximum absolute atomic E-state index is 12.6. The maximum atomic E-state index is 12.6. The Morgan fingerprint density at radius 2 is 1.79 bits per heavy atom. The third kappa shape index (κ3) is 5.25. The summed E-state index contributed by atoms with van der Waals surface area (Å²) in [6.07, 6.45) is 3.28. The molecule has 3 aromatic rings. The van der Waals surface area contributed by atoms with Crippen molar-refractivity contribution in [3.8, 4) is 0 Å². The van der Waals surface area contributed by atoms with E-state index in [4.69, 9.17) is 11.6 Å². The molecule has 3 rings (SSSR count). The van der Waals surface area contributed by atoms with E-state index in [1.807, 2.05) is 30.7 Å². The van der Waals surface area contributed by atoms with Gasteiger partial charge in [-0.25, -0.2) is 13.4 Å². The van der Waals surface area contributed by atoms with Crippen molar-refractivity contribution >= 4 is 27.3 Å². The average Bonchev–Trinajstić information content (AvgIpc) is 3.11. The predicted octanol–water partition coefficient (Wildman–Crippen LogP) is 3.45. The molecule has 0 aliphatic carbocycles. The number of carbonyl (C=O) groups is 1. The molecule has 0 fully saturated rings. The van der Waals surface area contributed by atoms with Crippen LogP contribution in [0.15, 0.2) is 65.8 Å². The van der Waals surface area contributed by atoms with E-state index in [9.17, 15) is 13.2 Å². The number of rotatable bonds is 7. The van der Waals surface area contributed by atoms with Crippen molar-refractivity contribution in [2.75, 3.05) is 5.75 Å². The average molecular weight is 432 g/mol. The Hall–Kier alpha value is -2.64. The molecule has 1 aromatic heterocycles.